The van der Waals surface area contributed by atoms with E-state index in [4.69, 9.17) is 5.73 Å². The van der Waals surface area contributed by atoms with E-state index in [2.05, 4.69) is 24.1 Å². The van der Waals surface area contributed by atoms with Gasteiger partial charge in [-0.25, -0.2) is 0 Å². The standard InChI is InChI=1S/C10H23N3/c1-9(2)12-10-3-6-13(7-4-10)8-5-11/h9-10,12H,3-8,11H2,1-2H3. The van der Waals surface area contributed by atoms with E-state index in [0.29, 0.717) is 6.04 Å². The van der Waals surface area contributed by atoms with Crippen LogP contribution in [0.15, 0.2) is 0 Å². The van der Waals surface area contributed by atoms with Crippen LogP contribution in [0.3, 0.4) is 0 Å². The van der Waals surface area contributed by atoms with Crippen LogP contribution in [-0.2, 0) is 0 Å². The SMILES string of the molecule is CC(C)NC1CCN(CCN)CC1. The van der Waals surface area contributed by atoms with E-state index in [-0.39, 0.29) is 0 Å². The third kappa shape index (κ3) is 4.07. The molecule has 0 atom stereocenters. The molecule has 0 spiro atoms. The van der Waals surface area contributed by atoms with Crippen molar-refractivity contribution >= 4 is 0 Å². The van der Waals surface area contributed by atoms with Crippen molar-refractivity contribution in [1.29, 1.82) is 0 Å². The van der Waals surface area contributed by atoms with Gasteiger partial charge < -0.3 is 16.0 Å². The molecule has 0 bridgehead atoms. The summed E-state index contributed by atoms with van der Waals surface area (Å²) in [6.07, 6.45) is 2.55. The number of hydrogen-bond donors (Lipinski definition) is 2. The van der Waals surface area contributed by atoms with Gasteiger partial charge >= 0.3 is 0 Å². The van der Waals surface area contributed by atoms with Gasteiger partial charge in [0.1, 0.15) is 0 Å². The molecule has 0 aromatic rings. The highest BCUT2D eigenvalue weighted by molar-refractivity contribution is 4.78. The summed E-state index contributed by atoms with van der Waals surface area (Å²) in [5.74, 6) is 0. The molecule has 0 aliphatic carbocycles. The lowest BCUT2D eigenvalue weighted by Crippen LogP contribution is -2.45. The van der Waals surface area contributed by atoms with E-state index in [1.807, 2.05) is 0 Å². The van der Waals surface area contributed by atoms with Gasteiger partial charge in [-0.15, -0.1) is 0 Å². The highest BCUT2D eigenvalue weighted by Gasteiger charge is 2.18. The Morgan fingerprint density at radius 3 is 2.46 bits per heavy atom. The van der Waals surface area contributed by atoms with Crippen LogP contribution in [0.2, 0.25) is 0 Å². The molecule has 0 unspecified atom stereocenters. The normalized spacial score (nSPS) is 21.2. The minimum atomic E-state index is 0.617. The predicted octanol–water partition coefficient (Wildman–Crippen LogP) is 0.408. The van der Waals surface area contributed by atoms with Crippen LogP contribution < -0.4 is 11.1 Å². The molecule has 1 saturated heterocycles. The lowest BCUT2D eigenvalue weighted by Gasteiger charge is -2.33. The maximum absolute atomic E-state index is 5.52. The highest BCUT2D eigenvalue weighted by atomic mass is 15.1. The Labute approximate surface area is 81.7 Å². The molecule has 3 nitrogen and oxygen atoms in total. The van der Waals surface area contributed by atoms with Gasteiger partial charge in [0.25, 0.3) is 0 Å². The van der Waals surface area contributed by atoms with Crippen LogP contribution in [0.1, 0.15) is 26.7 Å². The lowest BCUT2D eigenvalue weighted by atomic mass is 10.0. The molecular weight excluding hydrogens is 162 g/mol. The van der Waals surface area contributed by atoms with E-state index in [1.54, 1.807) is 0 Å². The number of piperidine rings is 1. The zero-order valence-corrected chi connectivity index (χ0v) is 8.92. The van der Waals surface area contributed by atoms with Crippen LogP contribution in [0.4, 0.5) is 0 Å². The van der Waals surface area contributed by atoms with Gasteiger partial charge in [0.05, 0.1) is 0 Å². The molecule has 1 fully saturated rings. The molecule has 0 aromatic heterocycles. The van der Waals surface area contributed by atoms with Crippen molar-refractivity contribution in [2.75, 3.05) is 26.2 Å². The molecule has 0 aromatic carbocycles. The van der Waals surface area contributed by atoms with Crippen LogP contribution in [0.5, 0.6) is 0 Å². The Bertz CT molecular complexity index is 128. The first-order valence-electron chi connectivity index (χ1n) is 5.41. The molecule has 1 rings (SSSR count). The number of nitrogens with two attached hydrogens (primary N) is 1. The summed E-state index contributed by atoms with van der Waals surface area (Å²) in [5.41, 5.74) is 5.52. The predicted molar refractivity (Wildman–Crippen MR) is 56.8 cm³/mol. The molecule has 3 N–H and O–H groups in total. The Kier molecular flexibility index (Phi) is 4.70. The maximum atomic E-state index is 5.52. The van der Waals surface area contributed by atoms with E-state index in [9.17, 15) is 0 Å². The van der Waals surface area contributed by atoms with Crippen molar-refractivity contribution in [1.82, 2.24) is 10.2 Å². The zero-order valence-electron chi connectivity index (χ0n) is 8.92. The van der Waals surface area contributed by atoms with E-state index in [1.165, 1.54) is 25.9 Å². The summed E-state index contributed by atoms with van der Waals surface area (Å²) in [6.45, 7) is 8.71. The number of nitrogens with one attached hydrogen (secondary N) is 1. The Morgan fingerprint density at radius 1 is 1.38 bits per heavy atom. The fourth-order valence-corrected chi connectivity index (χ4v) is 1.98. The van der Waals surface area contributed by atoms with Crippen molar-refractivity contribution in [3.05, 3.63) is 0 Å². The number of nitrogens with zero attached hydrogens (tertiary/aromatic N) is 1. The van der Waals surface area contributed by atoms with Crippen molar-refractivity contribution in [3.8, 4) is 0 Å². The molecule has 1 heterocycles. The quantitative estimate of drug-likeness (QED) is 0.666. The van der Waals surface area contributed by atoms with Crippen LogP contribution in [0, 0.1) is 0 Å². The molecule has 1 aliphatic rings. The average Bonchev–Trinajstić information content (AvgIpc) is 2.08. The van der Waals surface area contributed by atoms with Gasteiger partial charge in [-0.2, -0.15) is 0 Å². The van der Waals surface area contributed by atoms with Crippen LogP contribution in [0.25, 0.3) is 0 Å². The van der Waals surface area contributed by atoms with Crippen molar-refractivity contribution < 1.29 is 0 Å². The molecular formula is C10H23N3. The average molecular weight is 185 g/mol. The molecule has 0 amide bonds. The van der Waals surface area contributed by atoms with Gasteiger partial charge in [-0.05, 0) is 25.9 Å². The van der Waals surface area contributed by atoms with Gasteiger partial charge in [-0.3, -0.25) is 0 Å². The maximum Gasteiger partial charge on any atom is 0.0105 e. The second kappa shape index (κ2) is 5.58. The second-order valence-corrected chi connectivity index (χ2v) is 4.23. The number of hydrogen-bond acceptors (Lipinski definition) is 3. The van der Waals surface area contributed by atoms with E-state index >= 15 is 0 Å². The minimum absolute atomic E-state index is 0.617. The first kappa shape index (κ1) is 11.0. The smallest absolute Gasteiger partial charge is 0.0105 e. The monoisotopic (exact) mass is 185 g/mol. The fourth-order valence-electron chi connectivity index (χ4n) is 1.98. The highest BCUT2D eigenvalue weighted by Crippen LogP contribution is 2.09. The minimum Gasteiger partial charge on any atom is -0.329 e. The topological polar surface area (TPSA) is 41.3 Å². The third-order valence-electron chi connectivity index (χ3n) is 2.60. The molecule has 1 aliphatic heterocycles. The third-order valence-corrected chi connectivity index (χ3v) is 2.60. The van der Waals surface area contributed by atoms with E-state index < -0.39 is 0 Å². The van der Waals surface area contributed by atoms with Crippen molar-refractivity contribution in [3.63, 3.8) is 0 Å². The summed E-state index contributed by atoms with van der Waals surface area (Å²) >= 11 is 0. The number of likely N-dealkylation sites (tertiary alicyclic amines) is 1. The first-order chi connectivity index (χ1) is 6.22. The van der Waals surface area contributed by atoms with Gasteiger partial charge in [0.15, 0.2) is 0 Å². The Morgan fingerprint density at radius 2 is 2.00 bits per heavy atom. The van der Waals surface area contributed by atoms with E-state index in [0.717, 1.165) is 19.1 Å². The van der Waals surface area contributed by atoms with Gasteiger partial charge in [0.2, 0.25) is 0 Å². The summed E-state index contributed by atoms with van der Waals surface area (Å²) in [4.78, 5) is 2.46. The second-order valence-electron chi connectivity index (χ2n) is 4.23. The van der Waals surface area contributed by atoms with Gasteiger partial charge in [-0.1, -0.05) is 13.8 Å². The lowest BCUT2D eigenvalue weighted by molar-refractivity contribution is 0.198. The molecule has 0 radical (unpaired) electrons. The van der Waals surface area contributed by atoms with Crippen LogP contribution in [-0.4, -0.2) is 43.2 Å². The zero-order chi connectivity index (χ0) is 9.68. The molecule has 13 heavy (non-hydrogen) atoms. The first-order valence-corrected chi connectivity index (χ1v) is 5.41. The van der Waals surface area contributed by atoms with Crippen LogP contribution >= 0.6 is 0 Å². The summed E-state index contributed by atoms with van der Waals surface area (Å²) < 4.78 is 0. The number of rotatable bonds is 4. The summed E-state index contributed by atoms with van der Waals surface area (Å²) in [7, 11) is 0. The fraction of sp³-hybridized carbons (Fsp3) is 1.00. The van der Waals surface area contributed by atoms with Crippen molar-refractivity contribution in [2.45, 2.75) is 38.8 Å². The molecule has 3 heteroatoms. The molecule has 0 saturated carbocycles. The largest absolute Gasteiger partial charge is 0.329 e. The van der Waals surface area contributed by atoms with Gasteiger partial charge in [0, 0.05) is 25.2 Å². The Balaban J connectivity index is 2.15. The summed E-state index contributed by atoms with van der Waals surface area (Å²) in [5, 5.41) is 3.59. The Hall–Kier alpha value is -0.120. The molecule has 78 valence electrons. The van der Waals surface area contributed by atoms with Crippen molar-refractivity contribution in [2.24, 2.45) is 5.73 Å². The summed E-state index contributed by atoms with van der Waals surface area (Å²) in [6, 6.07) is 1.35.